The van der Waals surface area contributed by atoms with E-state index >= 15 is 0 Å². The van der Waals surface area contributed by atoms with Crippen molar-refractivity contribution in [3.8, 4) is 34.5 Å². The van der Waals surface area contributed by atoms with E-state index in [4.69, 9.17) is 28.4 Å². The summed E-state index contributed by atoms with van der Waals surface area (Å²) in [7, 11) is 2.99. The summed E-state index contributed by atoms with van der Waals surface area (Å²) in [6.45, 7) is 4.54. The molecule has 0 N–H and O–H groups in total. The van der Waals surface area contributed by atoms with Crippen molar-refractivity contribution in [1.29, 1.82) is 0 Å². The maximum Gasteiger partial charge on any atom is 0.343 e. The molecule has 1 aliphatic rings. The minimum absolute atomic E-state index is 0.0933. The van der Waals surface area contributed by atoms with Crippen molar-refractivity contribution < 1.29 is 38.0 Å². The summed E-state index contributed by atoms with van der Waals surface area (Å²) in [6, 6.07) is 14.9. The Morgan fingerprint density at radius 1 is 0.889 bits per heavy atom. The molecule has 4 rings (SSSR count). The van der Waals surface area contributed by atoms with Crippen LogP contribution in [0, 0.1) is 0 Å². The van der Waals surface area contributed by atoms with Gasteiger partial charge in [-0.15, -0.1) is 0 Å². The number of para-hydroxylation sites is 1. The van der Waals surface area contributed by atoms with Crippen molar-refractivity contribution in [1.82, 2.24) is 0 Å². The average Bonchev–Trinajstić information content (AvgIpc) is 3.19. The van der Waals surface area contributed by atoms with Crippen LogP contribution in [0.4, 0.5) is 0 Å². The molecular weight excluding hydrogens is 464 g/mol. The minimum Gasteiger partial charge on any atom is -0.494 e. The molecule has 0 amide bonds. The summed E-state index contributed by atoms with van der Waals surface area (Å²) in [5.74, 6) is 1.57. The number of benzene rings is 3. The molecule has 0 radical (unpaired) electrons. The van der Waals surface area contributed by atoms with Crippen LogP contribution in [0.25, 0.3) is 6.08 Å². The Kier molecular flexibility index (Phi) is 7.44. The zero-order valence-corrected chi connectivity index (χ0v) is 20.5. The van der Waals surface area contributed by atoms with E-state index in [0.717, 1.165) is 0 Å². The van der Waals surface area contributed by atoms with Gasteiger partial charge in [0.25, 0.3) is 0 Å². The van der Waals surface area contributed by atoms with Crippen LogP contribution in [-0.4, -0.2) is 39.2 Å². The van der Waals surface area contributed by atoms with Gasteiger partial charge in [-0.1, -0.05) is 12.1 Å². The number of allylic oxidation sites excluding steroid dienone is 1. The molecule has 0 bridgehead atoms. The number of hydrogen-bond donors (Lipinski definition) is 0. The molecule has 0 spiro atoms. The quantitative estimate of drug-likeness (QED) is 0.226. The summed E-state index contributed by atoms with van der Waals surface area (Å²) in [5, 5.41) is 0. The highest BCUT2D eigenvalue weighted by Crippen LogP contribution is 2.38. The molecule has 186 valence electrons. The number of carbonyl (C=O) groups excluding carboxylic acids is 2. The van der Waals surface area contributed by atoms with Crippen molar-refractivity contribution >= 4 is 17.8 Å². The molecule has 0 saturated carbocycles. The molecule has 36 heavy (non-hydrogen) atoms. The summed E-state index contributed by atoms with van der Waals surface area (Å²) in [4.78, 5) is 26.0. The molecule has 0 unspecified atom stereocenters. The van der Waals surface area contributed by atoms with E-state index in [1.54, 1.807) is 48.5 Å². The average molecular weight is 491 g/mol. The van der Waals surface area contributed by atoms with Gasteiger partial charge in [0.1, 0.15) is 11.5 Å². The normalized spacial score (nSPS) is 13.1. The third-order valence-corrected chi connectivity index (χ3v) is 5.36. The molecule has 3 aromatic carbocycles. The number of hydrogen-bond acceptors (Lipinski definition) is 8. The Hall–Kier alpha value is -4.46. The van der Waals surface area contributed by atoms with Gasteiger partial charge in [-0.25, -0.2) is 4.79 Å². The third kappa shape index (κ3) is 4.98. The zero-order chi connectivity index (χ0) is 25.7. The lowest BCUT2D eigenvalue weighted by atomic mass is 10.1. The maximum absolute atomic E-state index is 13.1. The number of Topliss-reactive ketones (excluding diaryl/α,β-unsaturated/α-hetero) is 1. The molecule has 3 aromatic rings. The van der Waals surface area contributed by atoms with Gasteiger partial charge in [0.2, 0.25) is 5.78 Å². The number of rotatable bonds is 9. The molecule has 1 heterocycles. The summed E-state index contributed by atoms with van der Waals surface area (Å²) >= 11 is 0. The first-order chi connectivity index (χ1) is 17.5. The van der Waals surface area contributed by atoms with Crippen LogP contribution in [0.3, 0.4) is 0 Å². The summed E-state index contributed by atoms with van der Waals surface area (Å²) in [6.07, 6.45) is 1.53. The van der Waals surface area contributed by atoms with E-state index in [9.17, 15) is 9.59 Å². The number of fused-ring (bicyclic) bond motifs is 1. The molecule has 8 heteroatoms. The first-order valence-electron chi connectivity index (χ1n) is 11.4. The first kappa shape index (κ1) is 24.7. The monoisotopic (exact) mass is 490 g/mol. The smallest absolute Gasteiger partial charge is 0.343 e. The van der Waals surface area contributed by atoms with Crippen molar-refractivity contribution in [3.05, 3.63) is 77.0 Å². The summed E-state index contributed by atoms with van der Waals surface area (Å²) in [5.41, 5.74) is 1.12. The van der Waals surface area contributed by atoms with Gasteiger partial charge in [0.05, 0.1) is 38.6 Å². The Morgan fingerprint density at radius 2 is 1.67 bits per heavy atom. The van der Waals surface area contributed by atoms with Crippen LogP contribution < -0.4 is 28.4 Å². The van der Waals surface area contributed by atoms with Gasteiger partial charge in [0.15, 0.2) is 28.8 Å². The van der Waals surface area contributed by atoms with Gasteiger partial charge in [-0.05, 0) is 56.3 Å². The predicted octanol–water partition coefficient (Wildman–Crippen LogP) is 5.34. The molecule has 0 atom stereocenters. The van der Waals surface area contributed by atoms with Crippen molar-refractivity contribution in [2.45, 2.75) is 13.8 Å². The zero-order valence-electron chi connectivity index (χ0n) is 20.5. The van der Waals surface area contributed by atoms with Gasteiger partial charge in [0, 0.05) is 11.6 Å². The second-order valence-corrected chi connectivity index (χ2v) is 7.60. The molecule has 0 fully saturated rings. The number of ketones is 1. The van der Waals surface area contributed by atoms with Gasteiger partial charge in [-0.3, -0.25) is 4.79 Å². The highest BCUT2D eigenvalue weighted by Gasteiger charge is 2.29. The molecular formula is C28H26O8. The van der Waals surface area contributed by atoms with Crippen LogP contribution in [-0.2, 0) is 0 Å². The molecule has 0 aliphatic carbocycles. The topological polar surface area (TPSA) is 89.5 Å². The fourth-order valence-corrected chi connectivity index (χ4v) is 3.70. The van der Waals surface area contributed by atoms with Gasteiger partial charge >= 0.3 is 5.97 Å². The van der Waals surface area contributed by atoms with Crippen LogP contribution in [0.15, 0.2) is 60.4 Å². The van der Waals surface area contributed by atoms with Gasteiger partial charge in [-0.2, -0.15) is 0 Å². The maximum atomic E-state index is 13.1. The third-order valence-electron chi connectivity index (χ3n) is 5.36. The second kappa shape index (κ2) is 10.9. The SMILES string of the molecule is CCOc1ccc2c(c1)O/C(=C\c1cccc(OCC)c1OC(=O)c1ccc(OC)c(OC)c1)C2=O. The lowest BCUT2D eigenvalue weighted by Gasteiger charge is -2.14. The fraction of sp³-hybridized carbons (Fsp3) is 0.214. The van der Waals surface area contributed by atoms with E-state index in [0.29, 0.717) is 53.1 Å². The lowest BCUT2D eigenvalue weighted by molar-refractivity contribution is 0.0727. The molecule has 0 aromatic heterocycles. The van der Waals surface area contributed by atoms with E-state index in [1.807, 2.05) is 13.8 Å². The van der Waals surface area contributed by atoms with Crippen LogP contribution in [0.2, 0.25) is 0 Å². The standard InChI is InChI=1S/C28H26O8/c1-5-33-19-11-12-20-23(16-19)35-25(26(20)29)14-17-8-7-9-22(34-6-2)27(17)36-28(30)18-10-13-21(31-3)24(15-18)32-4/h7-16H,5-6H2,1-4H3/b25-14-. The number of ether oxygens (including phenoxy) is 6. The van der Waals surface area contributed by atoms with E-state index in [-0.39, 0.29) is 22.9 Å². The number of methoxy groups -OCH3 is 2. The van der Waals surface area contributed by atoms with Crippen molar-refractivity contribution in [2.24, 2.45) is 0 Å². The fourth-order valence-electron chi connectivity index (χ4n) is 3.70. The van der Waals surface area contributed by atoms with Crippen LogP contribution in [0.5, 0.6) is 34.5 Å². The van der Waals surface area contributed by atoms with Crippen molar-refractivity contribution in [3.63, 3.8) is 0 Å². The largest absolute Gasteiger partial charge is 0.494 e. The van der Waals surface area contributed by atoms with Crippen LogP contribution in [0.1, 0.15) is 40.1 Å². The highest BCUT2D eigenvalue weighted by molar-refractivity contribution is 6.14. The Bertz CT molecular complexity index is 1330. The van der Waals surface area contributed by atoms with E-state index in [2.05, 4.69) is 0 Å². The Balaban J connectivity index is 1.68. The predicted molar refractivity (Wildman–Crippen MR) is 133 cm³/mol. The van der Waals surface area contributed by atoms with E-state index < -0.39 is 5.97 Å². The van der Waals surface area contributed by atoms with E-state index in [1.165, 1.54) is 26.4 Å². The Labute approximate surface area is 209 Å². The number of carbonyl (C=O) groups is 2. The van der Waals surface area contributed by atoms with Crippen LogP contribution >= 0.6 is 0 Å². The molecule has 0 saturated heterocycles. The van der Waals surface area contributed by atoms with Gasteiger partial charge < -0.3 is 28.4 Å². The highest BCUT2D eigenvalue weighted by atomic mass is 16.6. The molecule has 1 aliphatic heterocycles. The minimum atomic E-state index is -0.633. The number of esters is 1. The van der Waals surface area contributed by atoms with Crippen molar-refractivity contribution in [2.75, 3.05) is 27.4 Å². The summed E-state index contributed by atoms with van der Waals surface area (Å²) < 4.78 is 33.3. The second-order valence-electron chi connectivity index (χ2n) is 7.60. The first-order valence-corrected chi connectivity index (χ1v) is 11.4. The lowest BCUT2D eigenvalue weighted by Crippen LogP contribution is -2.11. The Morgan fingerprint density at radius 3 is 2.39 bits per heavy atom. The molecule has 8 nitrogen and oxygen atoms in total.